The fraction of sp³-hybridized carbons (Fsp3) is 0.294. The molecule has 0 bridgehead atoms. The van der Waals surface area contributed by atoms with Crippen molar-refractivity contribution < 1.29 is 4.79 Å². The van der Waals surface area contributed by atoms with Gasteiger partial charge < -0.3 is 14.8 Å². The van der Waals surface area contributed by atoms with E-state index < -0.39 is 0 Å². The van der Waals surface area contributed by atoms with Crippen LogP contribution in [0, 0.1) is 0 Å². The Bertz CT molecular complexity index is 802. The van der Waals surface area contributed by atoms with Gasteiger partial charge in [-0.05, 0) is 24.6 Å². The van der Waals surface area contributed by atoms with Crippen LogP contribution in [0.2, 0.25) is 5.15 Å². The van der Waals surface area contributed by atoms with Crippen molar-refractivity contribution in [3.8, 4) is 0 Å². The van der Waals surface area contributed by atoms with Gasteiger partial charge in [0.25, 0.3) is 5.91 Å². The molecule has 3 rings (SSSR count). The standard InChI is InChI=1S/C17H18ClN3O2/c1-11-9-20(2)14-6-4-3-5-12(14)10-21(11)17(23)13-7-15(18)19-16(22)8-13/h3-8,11H,9-10H2,1-2H3,(H,19,22). The molecule has 0 spiro atoms. The van der Waals surface area contributed by atoms with Crippen molar-refractivity contribution in [2.24, 2.45) is 0 Å². The zero-order chi connectivity index (χ0) is 16.6. The molecule has 1 atom stereocenters. The van der Waals surface area contributed by atoms with Crippen LogP contribution in [0.25, 0.3) is 0 Å². The fourth-order valence-corrected chi connectivity index (χ4v) is 3.23. The summed E-state index contributed by atoms with van der Waals surface area (Å²) < 4.78 is 0. The number of pyridine rings is 1. The Kier molecular flexibility index (Phi) is 4.13. The second-order valence-corrected chi connectivity index (χ2v) is 6.28. The van der Waals surface area contributed by atoms with Gasteiger partial charge in [0.05, 0.1) is 0 Å². The topological polar surface area (TPSA) is 56.4 Å². The number of aromatic nitrogens is 1. The molecule has 0 aliphatic carbocycles. The molecule has 0 fully saturated rings. The van der Waals surface area contributed by atoms with Crippen LogP contribution in [0.3, 0.4) is 0 Å². The first-order chi connectivity index (χ1) is 11.0. The second kappa shape index (κ2) is 6.08. The number of rotatable bonds is 1. The molecule has 1 aliphatic heterocycles. The van der Waals surface area contributed by atoms with E-state index in [0.29, 0.717) is 12.1 Å². The highest BCUT2D eigenvalue weighted by Gasteiger charge is 2.27. The number of anilines is 1. The van der Waals surface area contributed by atoms with Crippen molar-refractivity contribution in [2.45, 2.75) is 19.5 Å². The molecule has 1 aromatic carbocycles. The molecule has 1 unspecified atom stereocenters. The van der Waals surface area contributed by atoms with E-state index in [1.807, 2.05) is 32.2 Å². The fourth-order valence-electron chi connectivity index (χ4n) is 3.02. The predicted molar refractivity (Wildman–Crippen MR) is 91.1 cm³/mol. The van der Waals surface area contributed by atoms with Crippen LogP contribution in [0.4, 0.5) is 5.69 Å². The van der Waals surface area contributed by atoms with Crippen LogP contribution < -0.4 is 10.5 Å². The van der Waals surface area contributed by atoms with Gasteiger partial charge >= 0.3 is 0 Å². The second-order valence-electron chi connectivity index (χ2n) is 5.87. The van der Waals surface area contributed by atoms with Gasteiger partial charge in [0.1, 0.15) is 5.15 Å². The van der Waals surface area contributed by atoms with Crippen LogP contribution >= 0.6 is 11.6 Å². The van der Waals surface area contributed by atoms with Crippen LogP contribution in [-0.2, 0) is 6.54 Å². The molecule has 6 heteroatoms. The van der Waals surface area contributed by atoms with E-state index in [2.05, 4.69) is 16.0 Å². The molecule has 1 aliphatic rings. The normalized spacial score (nSPS) is 17.6. The van der Waals surface area contributed by atoms with Crippen molar-refractivity contribution >= 4 is 23.2 Å². The average Bonchev–Trinajstić information content (AvgIpc) is 2.62. The molecule has 1 aromatic heterocycles. The number of benzene rings is 1. The van der Waals surface area contributed by atoms with Gasteiger partial charge in [-0.25, -0.2) is 0 Å². The number of carbonyl (C=O) groups excluding carboxylic acids is 1. The zero-order valence-electron chi connectivity index (χ0n) is 13.0. The van der Waals surface area contributed by atoms with Crippen LogP contribution in [0.15, 0.2) is 41.2 Å². The van der Waals surface area contributed by atoms with Gasteiger partial charge in [-0.15, -0.1) is 0 Å². The Morgan fingerprint density at radius 3 is 2.78 bits per heavy atom. The van der Waals surface area contributed by atoms with Crippen molar-refractivity contribution in [1.29, 1.82) is 0 Å². The third kappa shape index (κ3) is 3.10. The molecule has 1 N–H and O–H groups in total. The smallest absolute Gasteiger partial charge is 0.254 e. The summed E-state index contributed by atoms with van der Waals surface area (Å²) in [6, 6.07) is 10.8. The SMILES string of the molecule is CC1CN(C)c2ccccc2CN1C(=O)c1cc(Cl)[nH]c(=O)c1. The van der Waals surface area contributed by atoms with E-state index in [1.54, 1.807) is 4.90 Å². The number of amides is 1. The van der Waals surface area contributed by atoms with E-state index >= 15 is 0 Å². The lowest BCUT2D eigenvalue weighted by Gasteiger charge is -2.28. The van der Waals surface area contributed by atoms with Gasteiger partial charge in [-0.3, -0.25) is 9.59 Å². The molecule has 2 heterocycles. The summed E-state index contributed by atoms with van der Waals surface area (Å²) in [7, 11) is 2.02. The lowest BCUT2D eigenvalue weighted by atomic mass is 10.1. The number of carbonyl (C=O) groups is 1. The van der Waals surface area contributed by atoms with Gasteiger partial charge in [-0.1, -0.05) is 29.8 Å². The summed E-state index contributed by atoms with van der Waals surface area (Å²) in [4.78, 5) is 30.8. The predicted octanol–water partition coefficient (Wildman–Crippen LogP) is 2.51. The number of para-hydroxylation sites is 1. The molecule has 2 aromatic rings. The average molecular weight is 332 g/mol. The highest BCUT2D eigenvalue weighted by Crippen LogP contribution is 2.27. The van der Waals surface area contributed by atoms with Crippen molar-refractivity contribution in [2.75, 3.05) is 18.5 Å². The maximum Gasteiger partial charge on any atom is 0.254 e. The van der Waals surface area contributed by atoms with E-state index in [0.717, 1.165) is 17.8 Å². The first kappa shape index (κ1) is 15.6. The molecule has 120 valence electrons. The summed E-state index contributed by atoms with van der Waals surface area (Å²) in [5, 5.41) is 0.167. The monoisotopic (exact) mass is 331 g/mol. The summed E-state index contributed by atoms with van der Waals surface area (Å²) in [5.74, 6) is -0.185. The Hall–Kier alpha value is -2.27. The zero-order valence-corrected chi connectivity index (χ0v) is 13.8. The number of likely N-dealkylation sites (N-methyl/N-ethyl adjacent to an activating group) is 1. The van der Waals surface area contributed by atoms with Crippen molar-refractivity contribution in [3.05, 3.63) is 63.0 Å². The number of nitrogens with zero attached hydrogens (tertiary/aromatic N) is 2. The number of fused-ring (bicyclic) bond motifs is 1. The van der Waals surface area contributed by atoms with Gasteiger partial charge in [0.2, 0.25) is 5.56 Å². The van der Waals surface area contributed by atoms with Gasteiger partial charge in [-0.2, -0.15) is 0 Å². The Morgan fingerprint density at radius 2 is 2.04 bits per heavy atom. The van der Waals surface area contributed by atoms with Gasteiger partial charge in [0.15, 0.2) is 0 Å². The minimum atomic E-state index is -0.374. The quantitative estimate of drug-likeness (QED) is 0.817. The number of H-pyrrole nitrogens is 1. The highest BCUT2D eigenvalue weighted by atomic mass is 35.5. The molecule has 0 saturated heterocycles. The van der Waals surface area contributed by atoms with E-state index in [1.165, 1.54) is 12.1 Å². The minimum absolute atomic E-state index is 0.0120. The van der Waals surface area contributed by atoms with Crippen molar-refractivity contribution in [1.82, 2.24) is 9.88 Å². The maximum atomic E-state index is 12.9. The lowest BCUT2D eigenvalue weighted by molar-refractivity contribution is 0.0687. The molecular formula is C17H18ClN3O2. The summed E-state index contributed by atoms with van der Waals surface area (Å²) in [5.41, 5.74) is 2.15. The third-order valence-electron chi connectivity index (χ3n) is 4.13. The molecule has 0 saturated carbocycles. The maximum absolute atomic E-state index is 12.9. The number of nitrogens with one attached hydrogen (secondary N) is 1. The summed E-state index contributed by atoms with van der Waals surface area (Å²) in [6.07, 6.45) is 0. The molecule has 5 nitrogen and oxygen atoms in total. The molecule has 1 amide bonds. The Balaban J connectivity index is 1.98. The first-order valence-corrected chi connectivity index (χ1v) is 7.83. The number of halogens is 1. The molecular weight excluding hydrogens is 314 g/mol. The molecule has 0 radical (unpaired) electrons. The Labute approximate surface area is 139 Å². The number of hydrogen-bond donors (Lipinski definition) is 1. The minimum Gasteiger partial charge on any atom is -0.372 e. The number of hydrogen-bond acceptors (Lipinski definition) is 3. The van der Waals surface area contributed by atoms with Crippen LogP contribution in [0.5, 0.6) is 0 Å². The largest absolute Gasteiger partial charge is 0.372 e. The van der Waals surface area contributed by atoms with Crippen molar-refractivity contribution in [3.63, 3.8) is 0 Å². The van der Waals surface area contributed by atoms with Crippen LogP contribution in [0.1, 0.15) is 22.8 Å². The van der Waals surface area contributed by atoms with E-state index in [4.69, 9.17) is 11.6 Å². The van der Waals surface area contributed by atoms with Gasteiger partial charge in [0, 0.05) is 43.5 Å². The lowest BCUT2D eigenvalue weighted by Crippen LogP contribution is -2.42. The van der Waals surface area contributed by atoms with E-state index in [9.17, 15) is 9.59 Å². The number of aromatic amines is 1. The third-order valence-corrected chi connectivity index (χ3v) is 4.34. The summed E-state index contributed by atoms with van der Waals surface area (Å²) in [6.45, 7) is 3.24. The highest BCUT2D eigenvalue weighted by molar-refractivity contribution is 6.29. The summed E-state index contributed by atoms with van der Waals surface area (Å²) >= 11 is 5.87. The van der Waals surface area contributed by atoms with E-state index in [-0.39, 0.29) is 22.7 Å². The van der Waals surface area contributed by atoms with Crippen LogP contribution in [-0.4, -0.2) is 35.4 Å². The first-order valence-electron chi connectivity index (χ1n) is 7.45. The molecule has 23 heavy (non-hydrogen) atoms. The Morgan fingerprint density at radius 1 is 1.30 bits per heavy atom.